The Kier molecular flexibility index (Phi) is 3.43. The lowest BCUT2D eigenvalue weighted by Gasteiger charge is -2.44. The molecular formula is C18H23N3O2. The first-order valence-electron chi connectivity index (χ1n) is 8.39. The highest BCUT2D eigenvalue weighted by molar-refractivity contribution is 5.85. The summed E-state index contributed by atoms with van der Waals surface area (Å²) >= 11 is 0. The van der Waals surface area contributed by atoms with Gasteiger partial charge >= 0.3 is 0 Å². The van der Waals surface area contributed by atoms with E-state index >= 15 is 0 Å². The number of aromatic amines is 1. The molecule has 0 radical (unpaired) electrons. The van der Waals surface area contributed by atoms with Crippen LogP contribution in [0.25, 0.3) is 10.9 Å². The van der Waals surface area contributed by atoms with Crippen molar-refractivity contribution in [2.45, 2.75) is 37.8 Å². The molecule has 5 heteroatoms. The number of nitrogens with zero attached hydrogens (tertiary/aromatic N) is 1. The van der Waals surface area contributed by atoms with Crippen LogP contribution in [0.3, 0.4) is 0 Å². The van der Waals surface area contributed by atoms with E-state index in [4.69, 9.17) is 10.5 Å². The number of para-hydroxylation sites is 1. The Labute approximate surface area is 135 Å². The number of nitrogens with two attached hydrogens (primary N) is 1. The summed E-state index contributed by atoms with van der Waals surface area (Å²) in [6.45, 7) is 3.90. The minimum absolute atomic E-state index is 0.0347. The molecule has 0 bridgehead atoms. The molecule has 23 heavy (non-hydrogen) atoms. The molecule has 1 aromatic heterocycles. The Morgan fingerprint density at radius 1 is 1.35 bits per heavy atom. The number of piperidine rings is 1. The highest BCUT2D eigenvalue weighted by Crippen LogP contribution is 2.43. The van der Waals surface area contributed by atoms with Crippen molar-refractivity contribution in [3.05, 3.63) is 35.5 Å². The van der Waals surface area contributed by atoms with Crippen molar-refractivity contribution < 1.29 is 9.53 Å². The smallest absolute Gasteiger partial charge is 0.239 e. The van der Waals surface area contributed by atoms with E-state index in [2.05, 4.69) is 29.2 Å². The van der Waals surface area contributed by atoms with Gasteiger partial charge in [0.25, 0.3) is 0 Å². The second kappa shape index (κ2) is 5.35. The first kappa shape index (κ1) is 14.7. The molecule has 1 fully saturated rings. The van der Waals surface area contributed by atoms with Crippen LogP contribution >= 0.6 is 0 Å². The van der Waals surface area contributed by atoms with E-state index in [0.29, 0.717) is 13.1 Å². The van der Waals surface area contributed by atoms with Gasteiger partial charge in [0, 0.05) is 24.0 Å². The summed E-state index contributed by atoms with van der Waals surface area (Å²) in [4.78, 5) is 17.6. The highest BCUT2D eigenvalue weighted by Gasteiger charge is 2.43. The molecule has 1 atom stereocenters. The predicted molar refractivity (Wildman–Crippen MR) is 89.1 cm³/mol. The molecule has 1 amide bonds. The summed E-state index contributed by atoms with van der Waals surface area (Å²) in [7, 11) is 0. The van der Waals surface area contributed by atoms with E-state index < -0.39 is 6.04 Å². The maximum atomic E-state index is 12.1. The molecular weight excluding hydrogens is 290 g/mol. The average molecular weight is 313 g/mol. The number of amides is 1. The topological polar surface area (TPSA) is 71.3 Å². The van der Waals surface area contributed by atoms with Crippen molar-refractivity contribution in [2.24, 2.45) is 5.73 Å². The third kappa shape index (κ3) is 2.26. The molecule has 1 spiro atoms. The van der Waals surface area contributed by atoms with Gasteiger partial charge < -0.3 is 20.4 Å². The Morgan fingerprint density at radius 3 is 2.83 bits per heavy atom. The SMILES string of the molecule is CC(N)C(=O)N1CCC2(CC1)OCCc1c2[nH]c2ccccc12. The average Bonchev–Trinajstić information content (AvgIpc) is 2.96. The molecule has 3 N–H and O–H groups in total. The van der Waals surface area contributed by atoms with Crippen LogP contribution in [0.5, 0.6) is 0 Å². The van der Waals surface area contributed by atoms with Crippen molar-refractivity contribution >= 4 is 16.8 Å². The number of nitrogens with one attached hydrogen (secondary N) is 1. The number of benzene rings is 1. The van der Waals surface area contributed by atoms with Crippen LogP contribution in [-0.2, 0) is 21.6 Å². The molecule has 122 valence electrons. The second-order valence-corrected chi connectivity index (χ2v) is 6.73. The molecule has 1 aromatic carbocycles. The molecule has 2 aromatic rings. The van der Waals surface area contributed by atoms with E-state index in [1.807, 2.05) is 4.90 Å². The fraction of sp³-hybridized carbons (Fsp3) is 0.500. The number of hydrogen-bond acceptors (Lipinski definition) is 3. The first-order valence-corrected chi connectivity index (χ1v) is 8.39. The van der Waals surface area contributed by atoms with Crippen LogP contribution < -0.4 is 5.73 Å². The predicted octanol–water partition coefficient (Wildman–Crippen LogP) is 1.91. The van der Waals surface area contributed by atoms with E-state index in [-0.39, 0.29) is 11.5 Å². The largest absolute Gasteiger partial charge is 0.368 e. The standard InChI is InChI=1S/C18H23N3O2/c1-12(19)17(22)21-9-7-18(8-10-21)16-14(6-11-23-18)13-4-2-3-5-15(13)20-16/h2-5,12,20H,6-11,19H2,1H3. The molecule has 0 aliphatic carbocycles. The van der Waals surface area contributed by atoms with E-state index in [0.717, 1.165) is 25.9 Å². The van der Waals surface area contributed by atoms with Crippen LogP contribution in [0.15, 0.2) is 24.3 Å². The zero-order chi connectivity index (χ0) is 16.0. The van der Waals surface area contributed by atoms with E-state index in [9.17, 15) is 4.79 Å². The van der Waals surface area contributed by atoms with Gasteiger partial charge in [0.1, 0.15) is 5.60 Å². The highest BCUT2D eigenvalue weighted by atomic mass is 16.5. The number of H-pyrrole nitrogens is 1. The maximum Gasteiger partial charge on any atom is 0.239 e. The number of carbonyl (C=O) groups is 1. The van der Waals surface area contributed by atoms with Crippen molar-refractivity contribution in [2.75, 3.05) is 19.7 Å². The molecule has 4 rings (SSSR count). The third-order valence-electron chi connectivity index (χ3n) is 5.27. The van der Waals surface area contributed by atoms with Gasteiger partial charge in [0.15, 0.2) is 0 Å². The molecule has 0 saturated carbocycles. The van der Waals surface area contributed by atoms with Crippen LogP contribution in [0.2, 0.25) is 0 Å². The minimum Gasteiger partial charge on any atom is -0.368 e. The lowest BCUT2D eigenvalue weighted by Crippen LogP contribution is -2.51. The molecule has 1 saturated heterocycles. The number of fused-ring (bicyclic) bond motifs is 4. The first-order chi connectivity index (χ1) is 11.1. The monoisotopic (exact) mass is 313 g/mol. The number of rotatable bonds is 1. The lowest BCUT2D eigenvalue weighted by atomic mass is 9.83. The number of hydrogen-bond donors (Lipinski definition) is 2. The second-order valence-electron chi connectivity index (χ2n) is 6.73. The maximum absolute atomic E-state index is 12.1. The summed E-state index contributed by atoms with van der Waals surface area (Å²) in [6.07, 6.45) is 2.60. The van der Waals surface area contributed by atoms with Gasteiger partial charge in [-0.25, -0.2) is 0 Å². The van der Waals surface area contributed by atoms with Crippen molar-refractivity contribution in [3.8, 4) is 0 Å². The normalized spacial score (nSPS) is 21.4. The fourth-order valence-electron chi connectivity index (χ4n) is 4.04. The van der Waals surface area contributed by atoms with Gasteiger partial charge in [-0.15, -0.1) is 0 Å². The molecule has 5 nitrogen and oxygen atoms in total. The van der Waals surface area contributed by atoms with Gasteiger partial charge in [-0.2, -0.15) is 0 Å². The molecule has 2 aliphatic rings. The number of likely N-dealkylation sites (tertiary alicyclic amines) is 1. The van der Waals surface area contributed by atoms with Crippen molar-refractivity contribution in [1.29, 1.82) is 0 Å². The van der Waals surface area contributed by atoms with E-state index in [1.54, 1.807) is 6.92 Å². The Hall–Kier alpha value is -1.85. The molecule has 3 heterocycles. The van der Waals surface area contributed by atoms with Gasteiger partial charge in [-0.3, -0.25) is 4.79 Å². The quantitative estimate of drug-likeness (QED) is 0.845. The summed E-state index contributed by atoms with van der Waals surface area (Å²) in [5.41, 5.74) is 9.24. The summed E-state index contributed by atoms with van der Waals surface area (Å²) in [5.74, 6) is 0.0347. The van der Waals surface area contributed by atoms with Gasteiger partial charge in [-0.1, -0.05) is 18.2 Å². The summed E-state index contributed by atoms with van der Waals surface area (Å²) < 4.78 is 6.25. The lowest BCUT2D eigenvalue weighted by molar-refractivity contribution is -0.142. The number of ether oxygens (including phenoxy) is 1. The fourth-order valence-corrected chi connectivity index (χ4v) is 4.04. The molecule has 2 aliphatic heterocycles. The third-order valence-corrected chi connectivity index (χ3v) is 5.27. The van der Waals surface area contributed by atoms with Crippen LogP contribution in [0.4, 0.5) is 0 Å². The van der Waals surface area contributed by atoms with Crippen LogP contribution in [0.1, 0.15) is 31.0 Å². The minimum atomic E-state index is -0.431. The zero-order valence-corrected chi connectivity index (χ0v) is 13.5. The Balaban J connectivity index is 1.66. The van der Waals surface area contributed by atoms with Gasteiger partial charge in [0.2, 0.25) is 5.91 Å². The van der Waals surface area contributed by atoms with Crippen molar-refractivity contribution in [1.82, 2.24) is 9.88 Å². The summed E-state index contributed by atoms with van der Waals surface area (Å²) in [5, 5.41) is 1.30. The number of carbonyl (C=O) groups excluding carboxylic acids is 1. The molecule has 1 unspecified atom stereocenters. The Bertz CT molecular complexity index is 742. The van der Waals surface area contributed by atoms with Crippen LogP contribution in [0, 0.1) is 0 Å². The van der Waals surface area contributed by atoms with E-state index in [1.165, 1.54) is 22.2 Å². The van der Waals surface area contributed by atoms with Gasteiger partial charge in [0.05, 0.1) is 18.3 Å². The Morgan fingerprint density at radius 2 is 2.09 bits per heavy atom. The zero-order valence-electron chi connectivity index (χ0n) is 13.5. The summed E-state index contributed by atoms with van der Waals surface area (Å²) in [6, 6.07) is 8.01. The van der Waals surface area contributed by atoms with Crippen molar-refractivity contribution in [3.63, 3.8) is 0 Å². The number of aromatic nitrogens is 1. The van der Waals surface area contributed by atoms with Gasteiger partial charge in [-0.05, 0) is 37.8 Å². The van der Waals surface area contributed by atoms with Crippen LogP contribution in [-0.4, -0.2) is 41.5 Å².